The summed E-state index contributed by atoms with van der Waals surface area (Å²) in [4.78, 5) is 2.53. The van der Waals surface area contributed by atoms with Crippen molar-refractivity contribution in [3.05, 3.63) is 36.0 Å². The molecular formula is C30H55N. The van der Waals surface area contributed by atoms with E-state index in [0.717, 1.165) is 19.5 Å². The molecule has 0 saturated carbocycles. The standard InChI is InChI=1S/C30H55N/c1-26(2,3)19-14-25-15-20-30(11,21-16-25)24-31(12)23-22-28(7,8)17-13-18-29(9,10)27(4,5)6/h13,15-17,20H,14,18-19,21-24H2,1-12H3/b17-13-. The van der Waals surface area contributed by atoms with Gasteiger partial charge in [-0.15, -0.1) is 0 Å². The summed E-state index contributed by atoms with van der Waals surface area (Å²) in [6.45, 7) is 28.3. The zero-order chi connectivity index (χ0) is 24.1. The van der Waals surface area contributed by atoms with E-state index in [1.807, 2.05) is 0 Å². The first-order chi connectivity index (χ1) is 13.8. The molecule has 0 fully saturated rings. The van der Waals surface area contributed by atoms with Crippen LogP contribution in [0.25, 0.3) is 0 Å². The van der Waals surface area contributed by atoms with E-state index in [2.05, 4.69) is 118 Å². The molecule has 1 aliphatic rings. The van der Waals surface area contributed by atoms with Gasteiger partial charge >= 0.3 is 0 Å². The SMILES string of the molecule is CN(CCC(C)(C)/C=C\CC(C)(C)C(C)(C)C)CC1(C)C=CC(CCC(C)(C)C)=CC1. The summed E-state index contributed by atoms with van der Waals surface area (Å²) < 4.78 is 0. The van der Waals surface area contributed by atoms with Gasteiger partial charge in [-0.3, -0.25) is 0 Å². The van der Waals surface area contributed by atoms with Gasteiger partial charge in [-0.05, 0) is 67.4 Å². The van der Waals surface area contributed by atoms with Gasteiger partial charge in [0.25, 0.3) is 0 Å². The number of hydrogen-bond acceptors (Lipinski definition) is 1. The maximum absolute atomic E-state index is 2.53. The molecule has 0 aromatic rings. The summed E-state index contributed by atoms with van der Waals surface area (Å²) in [6, 6.07) is 0. The Morgan fingerprint density at radius 1 is 0.968 bits per heavy atom. The molecule has 0 radical (unpaired) electrons. The molecule has 1 atom stereocenters. The van der Waals surface area contributed by atoms with Crippen molar-refractivity contribution in [2.45, 2.75) is 108 Å². The normalized spacial score (nSPS) is 21.3. The van der Waals surface area contributed by atoms with Crippen LogP contribution in [0.1, 0.15) is 108 Å². The van der Waals surface area contributed by atoms with Crippen molar-refractivity contribution < 1.29 is 0 Å². The first kappa shape index (κ1) is 28.2. The predicted molar refractivity (Wildman–Crippen MR) is 142 cm³/mol. The van der Waals surface area contributed by atoms with Crippen LogP contribution in [0.4, 0.5) is 0 Å². The minimum Gasteiger partial charge on any atom is -0.305 e. The van der Waals surface area contributed by atoms with Gasteiger partial charge in [0, 0.05) is 12.0 Å². The highest BCUT2D eigenvalue weighted by atomic mass is 15.1. The molecular weight excluding hydrogens is 374 g/mol. The van der Waals surface area contributed by atoms with Crippen LogP contribution in [-0.4, -0.2) is 25.0 Å². The first-order valence-corrected chi connectivity index (χ1v) is 12.6. The molecule has 0 amide bonds. The third-order valence-electron chi connectivity index (χ3n) is 7.69. The second-order valence-electron chi connectivity index (χ2n) is 14.2. The van der Waals surface area contributed by atoms with Crippen molar-refractivity contribution in [1.82, 2.24) is 4.90 Å². The van der Waals surface area contributed by atoms with E-state index in [-0.39, 0.29) is 10.8 Å². The zero-order valence-electron chi connectivity index (χ0n) is 23.3. The highest BCUT2D eigenvalue weighted by Crippen LogP contribution is 2.41. The first-order valence-electron chi connectivity index (χ1n) is 12.6. The highest BCUT2D eigenvalue weighted by molar-refractivity contribution is 5.26. The van der Waals surface area contributed by atoms with Crippen molar-refractivity contribution in [3.63, 3.8) is 0 Å². The van der Waals surface area contributed by atoms with E-state index >= 15 is 0 Å². The number of hydrogen-bond donors (Lipinski definition) is 0. The lowest BCUT2D eigenvalue weighted by molar-refractivity contribution is 0.135. The third kappa shape index (κ3) is 10.6. The Bertz CT molecular complexity index is 645. The summed E-state index contributed by atoms with van der Waals surface area (Å²) in [7, 11) is 2.29. The monoisotopic (exact) mass is 429 g/mol. The zero-order valence-corrected chi connectivity index (χ0v) is 23.3. The molecule has 0 aromatic carbocycles. The quantitative estimate of drug-likeness (QED) is 0.313. The fourth-order valence-corrected chi connectivity index (χ4v) is 3.87. The molecule has 0 bridgehead atoms. The van der Waals surface area contributed by atoms with Crippen LogP contribution in [0.15, 0.2) is 36.0 Å². The minimum atomic E-state index is 0.242. The second-order valence-corrected chi connectivity index (χ2v) is 14.2. The van der Waals surface area contributed by atoms with Crippen LogP contribution in [-0.2, 0) is 0 Å². The Morgan fingerprint density at radius 2 is 1.58 bits per heavy atom. The molecule has 1 nitrogen and oxygen atoms in total. The number of nitrogens with zero attached hydrogens (tertiary/aromatic N) is 1. The van der Waals surface area contributed by atoms with Crippen molar-refractivity contribution in [1.29, 1.82) is 0 Å². The van der Waals surface area contributed by atoms with Crippen molar-refractivity contribution in [2.75, 3.05) is 20.1 Å². The van der Waals surface area contributed by atoms with E-state index in [1.54, 1.807) is 0 Å². The van der Waals surface area contributed by atoms with Crippen LogP contribution < -0.4 is 0 Å². The van der Waals surface area contributed by atoms with Gasteiger partial charge in [-0.1, -0.05) is 112 Å². The smallest absolute Gasteiger partial charge is 0.00701 e. The molecule has 0 N–H and O–H groups in total. The van der Waals surface area contributed by atoms with Crippen LogP contribution in [0.2, 0.25) is 0 Å². The van der Waals surface area contributed by atoms with E-state index in [4.69, 9.17) is 0 Å². The van der Waals surface area contributed by atoms with E-state index in [9.17, 15) is 0 Å². The Hall–Kier alpha value is -0.820. The van der Waals surface area contributed by atoms with Crippen LogP contribution >= 0.6 is 0 Å². The minimum absolute atomic E-state index is 0.242. The lowest BCUT2D eigenvalue weighted by Crippen LogP contribution is -2.34. The van der Waals surface area contributed by atoms with Crippen molar-refractivity contribution >= 4 is 0 Å². The van der Waals surface area contributed by atoms with E-state index < -0.39 is 0 Å². The fraction of sp³-hybridized carbons (Fsp3) is 0.800. The summed E-state index contributed by atoms with van der Waals surface area (Å²) in [6.07, 6.45) is 18.2. The van der Waals surface area contributed by atoms with E-state index in [0.29, 0.717) is 16.2 Å². The van der Waals surface area contributed by atoms with Gasteiger partial charge in [-0.2, -0.15) is 0 Å². The van der Waals surface area contributed by atoms with Crippen LogP contribution in [0.3, 0.4) is 0 Å². The average Bonchev–Trinajstić information content (AvgIpc) is 2.57. The topological polar surface area (TPSA) is 3.24 Å². The number of rotatable bonds is 10. The fourth-order valence-electron chi connectivity index (χ4n) is 3.87. The van der Waals surface area contributed by atoms with Crippen LogP contribution in [0.5, 0.6) is 0 Å². The molecule has 180 valence electrons. The Balaban J connectivity index is 2.50. The van der Waals surface area contributed by atoms with Gasteiger partial charge in [0.15, 0.2) is 0 Å². The summed E-state index contributed by atoms with van der Waals surface area (Å²) >= 11 is 0. The molecule has 0 aliphatic heterocycles. The largest absolute Gasteiger partial charge is 0.305 e. The molecule has 1 rings (SSSR count). The highest BCUT2D eigenvalue weighted by Gasteiger charge is 2.31. The molecule has 1 heteroatoms. The van der Waals surface area contributed by atoms with E-state index in [1.165, 1.54) is 31.3 Å². The molecule has 0 aromatic heterocycles. The lowest BCUT2D eigenvalue weighted by Gasteiger charge is -2.38. The molecule has 0 spiro atoms. The van der Waals surface area contributed by atoms with Crippen molar-refractivity contribution in [3.8, 4) is 0 Å². The summed E-state index contributed by atoms with van der Waals surface area (Å²) in [5.74, 6) is 0. The third-order valence-corrected chi connectivity index (χ3v) is 7.69. The van der Waals surface area contributed by atoms with Gasteiger partial charge in [0.1, 0.15) is 0 Å². The van der Waals surface area contributed by atoms with Gasteiger partial charge in [0.05, 0.1) is 0 Å². The van der Waals surface area contributed by atoms with Gasteiger partial charge in [-0.25, -0.2) is 0 Å². The Morgan fingerprint density at radius 3 is 2.06 bits per heavy atom. The summed E-state index contributed by atoms with van der Waals surface area (Å²) in [5, 5.41) is 0. The summed E-state index contributed by atoms with van der Waals surface area (Å²) in [5.41, 5.74) is 3.09. The number of allylic oxidation sites excluding steroid dienone is 5. The maximum atomic E-state index is 2.53. The second kappa shape index (κ2) is 10.4. The molecule has 0 saturated heterocycles. The van der Waals surface area contributed by atoms with Crippen LogP contribution in [0, 0.1) is 27.1 Å². The van der Waals surface area contributed by atoms with Gasteiger partial charge < -0.3 is 4.90 Å². The average molecular weight is 430 g/mol. The lowest BCUT2D eigenvalue weighted by atomic mass is 9.67. The maximum Gasteiger partial charge on any atom is 0.00701 e. The predicted octanol–water partition coefficient (Wildman–Crippen LogP) is 9.07. The van der Waals surface area contributed by atoms with Gasteiger partial charge in [0.2, 0.25) is 0 Å². The Labute approximate surface area is 196 Å². The molecule has 1 aliphatic carbocycles. The molecule has 1 unspecified atom stereocenters. The molecule has 31 heavy (non-hydrogen) atoms. The Kier molecular flexibility index (Phi) is 9.47. The molecule has 0 heterocycles. The van der Waals surface area contributed by atoms with Crippen molar-refractivity contribution in [2.24, 2.45) is 27.1 Å².